The minimum atomic E-state index is -0.344. The topological polar surface area (TPSA) is 35.5 Å². The number of fused-ring (bicyclic) bond motifs is 9. The van der Waals surface area contributed by atoms with E-state index in [1.165, 1.54) is 19.8 Å². The highest BCUT2D eigenvalue weighted by Crippen LogP contribution is 2.68. The van der Waals surface area contributed by atoms with Gasteiger partial charge in [0.2, 0.25) is 0 Å². The van der Waals surface area contributed by atoms with Gasteiger partial charge in [0.05, 0.1) is 0 Å². The van der Waals surface area contributed by atoms with Gasteiger partial charge in [0.15, 0.2) is 0 Å². The van der Waals surface area contributed by atoms with Crippen LogP contribution in [0.15, 0.2) is 12.2 Å². The van der Waals surface area contributed by atoms with Crippen molar-refractivity contribution >= 4 is 5.97 Å². The fourth-order valence-electron chi connectivity index (χ4n) is 5.57. The van der Waals surface area contributed by atoms with Crippen LogP contribution in [0.1, 0.15) is 33.1 Å². The molecule has 0 radical (unpaired) electrons. The van der Waals surface area contributed by atoms with Gasteiger partial charge in [0.1, 0.15) is 5.60 Å². The standard InChI is InChI=1S/C15H20O3/c1-8(16)17-18-15(2)7-11-6-12(15)14-10-4-3-9(5-10)13(11)14/h3-4,9-14H,5-7H2,1-2H3. The minimum absolute atomic E-state index is 0.240. The third-order valence-corrected chi connectivity index (χ3v) is 5.95. The first-order chi connectivity index (χ1) is 8.58. The fraction of sp³-hybridized carbons (Fsp3) is 0.800. The molecule has 3 nitrogen and oxygen atoms in total. The normalized spacial score (nSPS) is 55.0. The van der Waals surface area contributed by atoms with Gasteiger partial charge in [0.25, 0.3) is 0 Å². The zero-order valence-corrected chi connectivity index (χ0v) is 11.0. The van der Waals surface area contributed by atoms with E-state index >= 15 is 0 Å². The van der Waals surface area contributed by atoms with Crippen molar-refractivity contribution in [1.82, 2.24) is 0 Å². The Kier molecular flexibility index (Phi) is 2.07. The molecule has 7 unspecified atom stereocenters. The first-order valence-corrected chi connectivity index (χ1v) is 7.13. The van der Waals surface area contributed by atoms with E-state index < -0.39 is 0 Å². The summed E-state index contributed by atoms with van der Waals surface area (Å²) in [5.41, 5.74) is -0.240. The van der Waals surface area contributed by atoms with Crippen LogP contribution < -0.4 is 0 Å². The molecule has 4 rings (SSSR count). The van der Waals surface area contributed by atoms with Gasteiger partial charge < -0.3 is 0 Å². The Morgan fingerprint density at radius 3 is 2.67 bits per heavy atom. The van der Waals surface area contributed by atoms with Crippen molar-refractivity contribution in [2.75, 3.05) is 0 Å². The van der Waals surface area contributed by atoms with Crippen LogP contribution in [-0.4, -0.2) is 11.6 Å². The van der Waals surface area contributed by atoms with E-state index in [-0.39, 0.29) is 11.6 Å². The van der Waals surface area contributed by atoms with Crippen LogP contribution in [0.4, 0.5) is 0 Å². The number of carbonyl (C=O) groups excluding carboxylic acids is 1. The summed E-state index contributed by atoms with van der Waals surface area (Å²) in [5.74, 6) is 4.26. The SMILES string of the molecule is CC(=O)OOC1(C)CC2CC1C1C3C=CC(C3)C21. The third kappa shape index (κ3) is 1.26. The lowest BCUT2D eigenvalue weighted by atomic mass is 9.68. The molecule has 3 heteroatoms. The number of rotatable bonds is 2. The lowest BCUT2D eigenvalue weighted by Crippen LogP contribution is -2.44. The lowest BCUT2D eigenvalue weighted by Gasteiger charge is -2.41. The molecule has 7 atom stereocenters. The van der Waals surface area contributed by atoms with Crippen LogP contribution in [0, 0.1) is 35.5 Å². The Balaban J connectivity index is 1.58. The van der Waals surface area contributed by atoms with Crippen molar-refractivity contribution in [1.29, 1.82) is 0 Å². The molecule has 0 amide bonds. The molecule has 98 valence electrons. The van der Waals surface area contributed by atoms with Gasteiger partial charge in [-0.2, -0.15) is 4.89 Å². The zero-order valence-electron chi connectivity index (χ0n) is 11.0. The second-order valence-corrected chi connectivity index (χ2v) is 6.88. The minimum Gasteiger partial charge on any atom is -0.298 e. The summed E-state index contributed by atoms with van der Waals surface area (Å²) in [6.45, 7) is 3.53. The molecule has 0 aliphatic heterocycles. The molecule has 0 N–H and O–H groups in total. The van der Waals surface area contributed by atoms with Gasteiger partial charge in [-0.3, -0.25) is 4.89 Å². The van der Waals surface area contributed by atoms with Crippen LogP contribution in [0.3, 0.4) is 0 Å². The summed E-state index contributed by atoms with van der Waals surface area (Å²) in [7, 11) is 0. The Morgan fingerprint density at radius 2 is 1.94 bits per heavy atom. The summed E-state index contributed by atoms with van der Waals surface area (Å²) >= 11 is 0. The third-order valence-electron chi connectivity index (χ3n) is 5.95. The van der Waals surface area contributed by atoms with E-state index in [9.17, 15) is 4.79 Å². The quantitative estimate of drug-likeness (QED) is 0.326. The zero-order chi connectivity index (χ0) is 12.5. The van der Waals surface area contributed by atoms with Crippen LogP contribution in [0.5, 0.6) is 0 Å². The highest BCUT2D eigenvalue weighted by molar-refractivity contribution is 5.65. The Bertz CT molecular complexity index is 429. The van der Waals surface area contributed by atoms with Gasteiger partial charge in [0, 0.05) is 6.92 Å². The first kappa shape index (κ1) is 11.0. The van der Waals surface area contributed by atoms with Crippen molar-refractivity contribution in [3.8, 4) is 0 Å². The molecular weight excluding hydrogens is 228 g/mol. The Hall–Kier alpha value is -0.830. The van der Waals surface area contributed by atoms with E-state index in [4.69, 9.17) is 9.78 Å². The van der Waals surface area contributed by atoms with Crippen LogP contribution in [0.2, 0.25) is 0 Å². The van der Waals surface area contributed by atoms with E-state index in [1.54, 1.807) is 0 Å². The van der Waals surface area contributed by atoms with Crippen LogP contribution >= 0.6 is 0 Å². The van der Waals surface area contributed by atoms with Gasteiger partial charge in [-0.25, -0.2) is 4.79 Å². The van der Waals surface area contributed by atoms with Gasteiger partial charge in [-0.15, -0.1) is 0 Å². The van der Waals surface area contributed by atoms with Gasteiger partial charge in [-0.1, -0.05) is 12.2 Å². The molecule has 0 heterocycles. The van der Waals surface area contributed by atoms with Crippen LogP contribution in [-0.2, 0) is 14.6 Å². The smallest absolute Gasteiger partial charge is 0.298 e. The van der Waals surface area contributed by atoms with Crippen molar-refractivity contribution < 1.29 is 14.6 Å². The van der Waals surface area contributed by atoms with E-state index in [0.29, 0.717) is 5.92 Å². The molecule has 0 aromatic carbocycles. The molecule has 3 saturated carbocycles. The molecular formula is C15H20O3. The summed E-state index contributed by atoms with van der Waals surface area (Å²) < 4.78 is 0. The number of hydrogen-bond donors (Lipinski definition) is 0. The number of hydrogen-bond acceptors (Lipinski definition) is 3. The van der Waals surface area contributed by atoms with Gasteiger partial charge in [-0.05, 0) is 61.7 Å². The first-order valence-electron chi connectivity index (χ1n) is 7.13. The molecule has 0 spiro atoms. The Labute approximate surface area is 107 Å². The van der Waals surface area contributed by atoms with Crippen molar-refractivity contribution in [2.45, 2.75) is 38.7 Å². The predicted octanol–water partition coefficient (Wildman–Crippen LogP) is 2.72. The maximum Gasteiger partial charge on any atom is 0.339 e. The van der Waals surface area contributed by atoms with Crippen LogP contribution in [0.25, 0.3) is 0 Å². The monoisotopic (exact) mass is 248 g/mol. The summed E-state index contributed by atoms with van der Waals surface area (Å²) in [5, 5.41) is 0. The van der Waals surface area contributed by atoms with Gasteiger partial charge >= 0.3 is 5.97 Å². The van der Waals surface area contributed by atoms with Crippen molar-refractivity contribution in [3.63, 3.8) is 0 Å². The van der Waals surface area contributed by atoms with Crippen molar-refractivity contribution in [2.24, 2.45) is 35.5 Å². The largest absolute Gasteiger partial charge is 0.339 e. The van der Waals surface area contributed by atoms with E-state index in [0.717, 1.165) is 36.0 Å². The molecule has 4 aliphatic carbocycles. The second kappa shape index (κ2) is 3.38. The molecule has 3 fully saturated rings. The average molecular weight is 248 g/mol. The maximum atomic E-state index is 10.9. The second-order valence-electron chi connectivity index (χ2n) is 6.88. The highest BCUT2D eigenvalue weighted by Gasteiger charge is 2.66. The summed E-state index contributed by atoms with van der Waals surface area (Å²) in [6, 6.07) is 0. The molecule has 4 aliphatic rings. The van der Waals surface area contributed by atoms with E-state index in [2.05, 4.69) is 19.1 Å². The predicted molar refractivity (Wildman–Crippen MR) is 65.2 cm³/mol. The summed E-state index contributed by atoms with van der Waals surface area (Å²) in [4.78, 5) is 21.3. The van der Waals surface area contributed by atoms with Crippen molar-refractivity contribution in [3.05, 3.63) is 12.2 Å². The fourth-order valence-corrected chi connectivity index (χ4v) is 5.57. The molecule has 0 aromatic heterocycles. The summed E-state index contributed by atoms with van der Waals surface area (Å²) in [6.07, 6.45) is 8.53. The molecule has 4 bridgehead atoms. The molecule has 0 aromatic rings. The average Bonchev–Trinajstić information content (AvgIpc) is 3.02. The maximum absolute atomic E-state index is 10.9. The lowest BCUT2D eigenvalue weighted by molar-refractivity contribution is -0.343. The number of carbonyl (C=O) groups is 1. The number of allylic oxidation sites excluding steroid dienone is 2. The van der Waals surface area contributed by atoms with E-state index in [1.807, 2.05) is 0 Å². The Morgan fingerprint density at radius 1 is 1.22 bits per heavy atom. The molecule has 18 heavy (non-hydrogen) atoms. The molecule has 0 saturated heterocycles. The highest BCUT2D eigenvalue weighted by atomic mass is 17.2.